The Bertz CT molecular complexity index is 552. The molecule has 0 aliphatic carbocycles. The summed E-state index contributed by atoms with van der Waals surface area (Å²) in [4.78, 5) is 8.56. The number of nitrogens with zero attached hydrogens (tertiary/aromatic N) is 2. The lowest BCUT2D eigenvalue weighted by atomic mass is 10.1. The molecule has 0 bridgehead atoms. The smallest absolute Gasteiger partial charge is 0.133 e. The maximum atomic E-state index is 13.5. The molecule has 94 valence electrons. The molecule has 0 spiro atoms. The van der Waals surface area contributed by atoms with Crippen LogP contribution < -0.4 is 5.73 Å². The van der Waals surface area contributed by atoms with Crippen LogP contribution in [0.3, 0.4) is 0 Å². The molecular weight excluding hydrogens is 229 g/mol. The second-order valence-corrected chi connectivity index (χ2v) is 4.55. The molecule has 0 saturated heterocycles. The van der Waals surface area contributed by atoms with Gasteiger partial charge in [-0.1, -0.05) is 32.0 Å². The maximum absolute atomic E-state index is 13.5. The van der Waals surface area contributed by atoms with E-state index in [4.69, 9.17) is 5.73 Å². The Labute approximate surface area is 106 Å². The molecule has 0 fully saturated rings. The van der Waals surface area contributed by atoms with Crippen molar-refractivity contribution in [3.8, 4) is 0 Å². The van der Waals surface area contributed by atoms with Crippen LogP contribution in [0.5, 0.6) is 0 Å². The van der Waals surface area contributed by atoms with Gasteiger partial charge < -0.3 is 5.73 Å². The van der Waals surface area contributed by atoms with Crippen LogP contribution in [0.1, 0.15) is 36.8 Å². The minimum Gasteiger partial charge on any atom is -0.396 e. The van der Waals surface area contributed by atoms with Gasteiger partial charge in [0.15, 0.2) is 0 Å². The minimum atomic E-state index is -0.232. The third-order valence-corrected chi connectivity index (χ3v) is 2.75. The SMILES string of the molecule is CC(C)c1nc(Cc2ccccc2F)ncc1N. The molecule has 0 aliphatic heterocycles. The number of hydrogen-bond acceptors (Lipinski definition) is 3. The second-order valence-electron chi connectivity index (χ2n) is 4.55. The molecule has 1 aromatic carbocycles. The van der Waals surface area contributed by atoms with E-state index in [1.54, 1.807) is 24.4 Å². The zero-order valence-corrected chi connectivity index (χ0v) is 10.5. The van der Waals surface area contributed by atoms with Gasteiger partial charge in [-0.2, -0.15) is 0 Å². The predicted octanol–water partition coefficient (Wildman–Crippen LogP) is 2.91. The monoisotopic (exact) mass is 245 g/mol. The fraction of sp³-hybridized carbons (Fsp3) is 0.286. The number of halogens is 1. The highest BCUT2D eigenvalue weighted by atomic mass is 19.1. The molecule has 3 nitrogen and oxygen atoms in total. The average molecular weight is 245 g/mol. The van der Waals surface area contributed by atoms with Gasteiger partial charge in [-0.05, 0) is 17.5 Å². The Morgan fingerprint density at radius 2 is 2.00 bits per heavy atom. The van der Waals surface area contributed by atoms with Crippen LogP contribution in [0.2, 0.25) is 0 Å². The highest BCUT2D eigenvalue weighted by Gasteiger charge is 2.10. The second kappa shape index (κ2) is 5.12. The number of anilines is 1. The van der Waals surface area contributed by atoms with Crippen molar-refractivity contribution < 1.29 is 4.39 Å². The van der Waals surface area contributed by atoms with Crippen molar-refractivity contribution in [2.45, 2.75) is 26.2 Å². The van der Waals surface area contributed by atoms with Crippen LogP contribution in [-0.2, 0) is 6.42 Å². The summed E-state index contributed by atoms with van der Waals surface area (Å²) < 4.78 is 13.5. The first-order chi connectivity index (χ1) is 8.58. The quantitative estimate of drug-likeness (QED) is 0.904. The number of benzene rings is 1. The van der Waals surface area contributed by atoms with Crippen molar-refractivity contribution in [1.29, 1.82) is 0 Å². The van der Waals surface area contributed by atoms with Crippen molar-refractivity contribution in [3.05, 3.63) is 53.4 Å². The molecule has 2 aromatic rings. The molecule has 1 aromatic heterocycles. The molecule has 0 amide bonds. The lowest BCUT2D eigenvalue weighted by Crippen LogP contribution is -2.06. The molecule has 2 N–H and O–H groups in total. The summed E-state index contributed by atoms with van der Waals surface area (Å²) in [6.07, 6.45) is 1.98. The van der Waals surface area contributed by atoms with Gasteiger partial charge in [-0.25, -0.2) is 14.4 Å². The van der Waals surface area contributed by atoms with E-state index < -0.39 is 0 Å². The zero-order valence-electron chi connectivity index (χ0n) is 10.5. The number of hydrogen-bond donors (Lipinski definition) is 1. The highest BCUT2D eigenvalue weighted by Crippen LogP contribution is 2.19. The zero-order chi connectivity index (χ0) is 13.1. The largest absolute Gasteiger partial charge is 0.396 e. The van der Waals surface area contributed by atoms with E-state index in [2.05, 4.69) is 9.97 Å². The van der Waals surface area contributed by atoms with E-state index in [1.165, 1.54) is 6.07 Å². The molecule has 0 unspecified atom stereocenters. The number of nitrogens with two attached hydrogens (primary N) is 1. The molecule has 0 radical (unpaired) electrons. The van der Waals surface area contributed by atoms with E-state index in [1.807, 2.05) is 13.8 Å². The van der Waals surface area contributed by atoms with Crippen LogP contribution >= 0.6 is 0 Å². The Kier molecular flexibility index (Phi) is 3.55. The summed E-state index contributed by atoms with van der Waals surface area (Å²) in [5.41, 5.74) is 7.81. The summed E-state index contributed by atoms with van der Waals surface area (Å²) in [6.45, 7) is 4.04. The van der Waals surface area contributed by atoms with Crippen molar-refractivity contribution >= 4 is 5.69 Å². The van der Waals surface area contributed by atoms with Crippen LogP contribution in [0.15, 0.2) is 30.5 Å². The Balaban J connectivity index is 2.30. The number of nitrogen functional groups attached to an aromatic ring is 1. The molecule has 4 heteroatoms. The normalized spacial score (nSPS) is 10.9. The van der Waals surface area contributed by atoms with Gasteiger partial charge in [0.25, 0.3) is 0 Å². The molecule has 0 saturated carbocycles. The van der Waals surface area contributed by atoms with E-state index in [9.17, 15) is 4.39 Å². The molecule has 1 heterocycles. The molecule has 0 aliphatic rings. The van der Waals surface area contributed by atoms with Gasteiger partial charge in [0.1, 0.15) is 11.6 Å². The maximum Gasteiger partial charge on any atom is 0.133 e. The Morgan fingerprint density at radius 3 is 2.67 bits per heavy atom. The van der Waals surface area contributed by atoms with E-state index in [-0.39, 0.29) is 11.7 Å². The third-order valence-electron chi connectivity index (χ3n) is 2.75. The van der Waals surface area contributed by atoms with Crippen LogP contribution in [0, 0.1) is 5.82 Å². The molecule has 0 atom stereocenters. The summed E-state index contributed by atoms with van der Waals surface area (Å²) in [7, 11) is 0. The van der Waals surface area contributed by atoms with Gasteiger partial charge in [-0.15, -0.1) is 0 Å². The summed E-state index contributed by atoms with van der Waals surface area (Å²) in [6, 6.07) is 6.65. The third kappa shape index (κ3) is 2.64. The highest BCUT2D eigenvalue weighted by molar-refractivity contribution is 5.42. The van der Waals surface area contributed by atoms with E-state index >= 15 is 0 Å². The van der Waals surface area contributed by atoms with E-state index in [0.717, 1.165) is 5.69 Å². The van der Waals surface area contributed by atoms with Crippen LogP contribution in [0.4, 0.5) is 10.1 Å². The fourth-order valence-corrected chi connectivity index (χ4v) is 1.80. The lowest BCUT2D eigenvalue weighted by molar-refractivity contribution is 0.611. The van der Waals surface area contributed by atoms with Crippen LogP contribution in [0.25, 0.3) is 0 Å². The molecule has 2 rings (SSSR count). The van der Waals surface area contributed by atoms with Gasteiger partial charge in [0.05, 0.1) is 17.6 Å². The minimum absolute atomic E-state index is 0.229. The van der Waals surface area contributed by atoms with Gasteiger partial charge >= 0.3 is 0 Å². The molecule has 18 heavy (non-hydrogen) atoms. The molecular formula is C14H16FN3. The Morgan fingerprint density at radius 1 is 1.28 bits per heavy atom. The first kappa shape index (κ1) is 12.5. The first-order valence-corrected chi connectivity index (χ1v) is 5.92. The predicted molar refractivity (Wildman–Crippen MR) is 69.7 cm³/mol. The lowest BCUT2D eigenvalue weighted by Gasteiger charge is -2.10. The summed E-state index contributed by atoms with van der Waals surface area (Å²) in [5, 5.41) is 0. The Hall–Kier alpha value is -1.97. The summed E-state index contributed by atoms with van der Waals surface area (Å²) >= 11 is 0. The topological polar surface area (TPSA) is 51.8 Å². The average Bonchev–Trinajstić information content (AvgIpc) is 2.34. The van der Waals surface area contributed by atoms with Crippen molar-refractivity contribution in [3.63, 3.8) is 0 Å². The van der Waals surface area contributed by atoms with Gasteiger partial charge in [-0.3, -0.25) is 0 Å². The van der Waals surface area contributed by atoms with Crippen molar-refractivity contribution in [1.82, 2.24) is 9.97 Å². The van der Waals surface area contributed by atoms with Crippen molar-refractivity contribution in [2.75, 3.05) is 5.73 Å². The van der Waals surface area contributed by atoms with Crippen LogP contribution in [-0.4, -0.2) is 9.97 Å². The van der Waals surface area contributed by atoms with Gasteiger partial charge in [0, 0.05) is 6.42 Å². The summed E-state index contributed by atoms with van der Waals surface area (Å²) in [5.74, 6) is 0.592. The fourth-order valence-electron chi connectivity index (χ4n) is 1.80. The van der Waals surface area contributed by atoms with Gasteiger partial charge in [0.2, 0.25) is 0 Å². The van der Waals surface area contributed by atoms with E-state index in [0.29, 0.717) is 23.5 Å². The number of aromatic nitrogens is 2. The first-order valence-electron chi connectivity index (χ1n) is 5.92. The van der Waals surface area contributed by atoms with Crippen molar-refractivity contribution in [2.24, 2.45) is 0 Å². The number of rotatable bonds is 3. The standard InChI is InChI=1S/C14H16FN3/c1-9(2)14-12(16)8-17-13(18-14)7-10-5-3-4-6-11(10)15/h3-6,8-9H,7,16H2,1-2H3.